The first-order chi connectivity index (χ1) is 14.4. The van der Waals surface area contributed by atoms with Crippen LogP contribution in [0.5, 0.6) is 5.75 Å². The number of carbonyl (C=O) groups is 2. The van der Waals surface area contributed by atoms with E-state index in [1.165, 1.54) is 43.5 Å². The Kier molecular flexibility index (Phi) is 7.74. The Morgan fingerprint density at radius 3 is 2.45 bits per heavy atom. The maximum atomic E-state index is 12.7. The van der Waals surface area contributed by atoms with Crippen molar-refractivity contribution in [3.8, 4) is 5.75 Å². The standard InChI is InChI=1S/C18H17ClF3N3O5S/c1-30-15-6-5-12(19)8-14(15)25-31(28,29)13-4-2-3-11(7-13)17(27)23-9-16(26)24-10-18(20,21)22/h2-8,25H,9-10H2,1H3,(H,23,27)(H,24,26). The van der Waals surface area contributed by atoms with Crippen LogP contribution in [0.4, 0.5) is 18.9 Å². The highest BCUT2D eigenvalue weighted by atomic mass is 35.5. The summed E-state index contributed by atoms with van der Waals surface area (Å²) < 4.78 is 69.0. The molecule has 168 valence electrons. The second kappa shape index (κ2) is 9.88. The third-order valence-electron chi connectivity index (χ3n) is 3.71. The van der Waals surface area contributed by atoms with E-state index in [2.05, 4.69) is 10.0 Å². The Hall–Kier alpha value is -2.99. The second-order valence-electron chi connectivity index (χ2n) is 6.05. The summed E-state index contributed by atoms with van der Waals surface area (Å²) in [5, 5.41) is 3.98. The van der Waals surface area contributed by atoms with Gasteiger partial charge >= 0.3 is 6.18 Å². The molecule has 0 heterocycles. The average molecular weight is 480 g/mol. The molecule has 0 saturated heterocycles. The molecule has 0 aliphatic heterocycles. The van der Waals surface area contributed by atoms with Crippen molar-refractivity contribution in [3.05, 3.63) is 53.1 Å². The number of halogens is 4. The van der Waals surface area contributed by atoms with Gasteiger partial charge in [-0.3, -0.25) is 14.3 Å². The van der Waals surface area contributed by atoms with Crippen LogP contribution in [-0.2, 0) is 14.8 Å². The molecule has 2 aromatic rings. The van der Waals surface area contributed by atoms with Gasteiger partial charge in [0.25, 0.3) is 15.9 Å². The van der Waals surface area contributed by atoms with Crippen LogP contribution < -0.4 is 20.1 Å². The van der Waals surface area contributed by atoms with Crippen LogP contribution in [0.25, 0.3) is 0 Å². The molecule has 2 rings (SSSR count). The van der Waals surface area contributed by atoms with Crippen LogP contribution in [-0.4, -0.2) is 46.6 Å². The number of sulfonamides is 1. The number of alkyl halides is 3. The number of anilines is 1. The van der Waals surface area contributed by atoms with E-state index >= 15 is 0 Å². The molecule has 0 aliphatic rings. The molecule has 0 atom stereocenters. The molecule has 0 saturated carbocycles. The lowest BCUT2D eigenvalue weighted by Crippen LogP contribution is -2.40. The van der Waals surface area contributed by atoms with Crippen molar-refractivity contribution in [2.75, 3.05) is 24.9 Å². The van der Waals surface area contributed by atoms with Crippen LogP contribution >= 0.6 is 11.6 Å². The Balaban J connectivity index is 2.11. The van der Waals surface area contributed by atoms with Gasteiger partial charge in [0, 0.05) is 10.6 Å². The number of nitrogens with one attached hydrogen (secondary N) is 3. The first kappa shape index (κ1) is 24.3. The fraction of sp³-hybridized carbons (Fsp3) is 0.222. The Morgan fingerprint density at radius 1 is 1.10 bits per heavy atom. The van der Waals surface area contributed by atoms with Crippen LogP contribution in [0, 0.1) is 0 Å². The lowest BCUT2D eigenvalue weighted by molar-refractivity contribution is -0.137. The van der Waals surface area contributed by atoms with Crippen molar-refractivity contribution < 1.29 is 35.9 Å². The smallest absolute Gasteiger partial charge is 0.405 e. The van der Waals surface area contributed by atoms with Gasteiger partial charge in [-0.25, -0.2) is 8.42 Å². The lowest BCUT2D eigenvalue weighted by Gasteiger charge is -2.13. The van der Waals surface area contributed by atoms with Gasteiger partial charge in [-0.1, -0.05) is 17.7 Å². The number of hydrogen-bond donors (Lipinski definition) is 3. The van der Waals surface area contributed by atoms with E-state index in [4.69, 9.17) is 16.3 Å². The lowest BCUT2D eigenvalue weighted by atomic mass is 10.2. The van der Waals surface area contributed by atoms with Gasteiger partial charge in [0.15, 0.2) is 0 Å². The van der Waals surface area contributed by atoms with Crippen LogP contribution in [0.3, 0.4) is 0 Å². The van der Waals surface area contributed by atoms with Gasteiger partial charge < -0.3 is 15.4 Å². The fourth-order valence-corrected chi connectivity index (χ4v) is 3.57. The topological polar surface area (TPSA) is 114 Å². The second-order valence-corrected chi connectivity index (χ2v) is 8.17. The van der Waals surface area contributed by atoms with E-state index in [0.29, 0.717) is 0 Å². The van der Waals surface area contributed by atoms with Gasteiger partial charge in [-0.2, -0.15) is 13.2 Å². The molecule has 2 aromatic carbocycles. The van der Waals surface area contributed by atoms with E-state index in [9.17, 15) is 31.2 Å². The van der Waals surface area contributed by atoms with E-state index in [1.807, 2.05) is 0 Å². The molecular weight excluding hydrogens is 463 g/mol. The maximum Gasteiger partial charge on any atom is 0.405 e. The monoisotopic (exact) mass is 479 g/mol. The molecule has 0 unspecified atom stereocenters. The molecule has 8 nitrogen and oxygen atoms in total. The summed E-state index contributed by atoms with van der Waals surface area (Å²) >= 11 is 5.88. The number of rotatable bonds is 8. The zero-order valence-electron chi connectivity index (χ0n) is 15.9. The predicted molar refractivity (Wildman–Crippen MR) is 107 cm³/mol. The summed E-state index contributed by atoms with van der Waals surface area (Å²) in [5.41, 5.74) is -0.0456. The van der Waals surface area contributed by atoms with E-state index in [-0.39, 0.29) is 26.9 Å². The minimum atomic E-state index is -4.58. The number of methoxy groups -OCH3 is 1. The van der Waals surface area contributed by atoms with Crippen LogP contribution in [0.1, 0.15) is 10.4 Å². The maximum absolute atomic E-state index is 12.7. The summed E-state index contributed by atoms with van der Waals surface area (Å²) in [6.45, 7) is -2.25. The number of carbonyl (C=O) groups excluding carboxylic acids is 2. The van der Waals surface area contributed by atoms with E-state index in [1.54, 1.807) is 5.32 Å². The third kappa shape index (κ3) is 7.33. The van der Waals surface area contributed by atoms with Gasteiger partial charge in [0.05, 0.1) is 24.2 Å². The SMILES string of the molecule is COc1ccc(Cl)cc1NS(=O)(=O)c1cccc(C(=O)NCC(=O)NCC(F)(F)F)c1. The van der Waals surface area contributed by atoms with Crippen molar-refractivity contribution in [1.82, 2.24) is 10.6 Å². The molecule has 0 spiro atoms. The van der Waals surface area contributed by atoms with Gasteiger partial charge in [0.2, 0.25) is 5.91 Å². The first-order valence-electron chi connectivity index (χ1n) is 8.49. The summed E-state index contributed by atoms with van der Waals surface area (Å²) in [6, 6.07) is 9.16. The summed E-state index contributed by atoms with van der Waals surface area (Å²) in [4.78, 5) is 23.3. The van der Waals surface area contributed by atoms with Crippen molar-refractivity contribution in [1.29, 1.82) is 0 Å². The molecule has 2 amide bonds. The van der Waals surface area contributed by atoms with Gasteiger partial charge in [0.1, 0.15) is 12.3 Å². The zero-order valence-corrected chi connectivity index (χ0v) is 17.5. The summed E-state index contributed by atoms with van der Waals surface area (Å²) in [5.74, 6) is -1.68. The van der Waals surface area contributed by atoms with Crippen molar-refractivity contribution in [3.63, 3.8) is 0 Å². The molecule has 0 fully saturated rings. The van der Waals surface area contributed by atoms with E-state index < -0.39 is 41.1 Å². The number of amides is 2. The molecule has 13 heteroatoms. The van der Waals surface area contributed by atoms with Crippen molar-refractivity contribution in [2.24, 2.45) is 0 Å². The number of benzene rings is 2. The minimum absolute atomic E-state index is 0.0752. The zero-order chi connectivity index (χ0) is 23.2. The Labute approximate surface area is 180 Å². The minimum Gasteiger partial charge on any atom is -0.495 e. The van der Waals surface area contributed by atoms with Crippen molar-refractivity contribution >= 4 is 39.1 Å². The quantitative estimate of drug-likeness (QED) is 0.538. The number of hydrogen-bond acceptors (Lipinski definition) is 5. The third-order valence-corrected chi connectivity index (χ3v) is 5.31. The predicted octanol–water partition coefficient (Wildman–Crippen LogP) is 2.56. The van der Waals surface area contributed by atoms with Gasteiger partial charge in [-0.05, 0) is 36.4 Å². The molecule has 0 aromatic heterocycles. The molecule has 0 aliphatic carbocycles. The van der Waals surface area contributed by atoms with Crippen LogP contribution in [0.15, 0.2) is 47.4 Å². The highest BCUT2D eigenvalue weighted by molar-refractivity contribution is 7.92. The van der Waals surface area contributed by atoms with Crippen LogP contribution in [0.2, 0.25) is 5.02 Å². The first-order valence-corrected chi connectivity index (χ1v) is 10.4. The Bertz CT molecular complexity index is 1080. The molecule has 31 heavy (non-hydrogen) atoms. The molecule has 3 N–H and O–H groups in total. The highest BCUT2D eigenvalue weighted by Gasteiger charge is 2.27. The van der Waals surface area contributed by atoms with Gasteiger partial charge in [-0.15, -0.1) is 0 Å². The fourth-order valence-electron chi connectivity index (χ4n) is 2.29. The molecular formula is C18H17ClF3N3O5S. The Morgan fingerprint density at radius 2 is 1.81 bits per heavy atom. The van der Waals surface area contributed by atoms with Crippen molar-refractivity contribution in [2.45, 2.75) is 11.1 Å². The summed E-state index contributed by atoms with van der Waals surface area (Å²) in [6.07, 6.45) is -4.58. The normalized spacial score (nSPS) is 11.5. The molecule has 0 radical (unpaired) electrons. The highest BCUT2D eigenvalue weighted by Crippen LogP contribution is 2.29. The largest absolute Gasteiger partial charge is 0.495 e. The average Bonchev–Trinajstić information content (AvgIpc) is 2.70. The summed E-state index contributed by atoms with van der Waals surface area (Å²) in [7, 11) is -2.80. The number of ether oxygens (including phenoxy) is 1. The molecule has 0 bridgehead atoms. The van der Waals surface area contributed by atoms with E-state index in [0.717, 1.165) is 6.07 Å².